The number of carbonyl (C=O) groups is 1. The number of amides is 1. The number of hydrogen-bond donors (Lipinski definition) is 1. The van der Waals surface area contributed by atoms with Gasteiger partial charge in [0.15, 0.2) is 6.33 Å². The maximum absolute atomic E-state index is 13.4. The molecular weight excluding hydrogens is 237 g/mol. The van der Waals surface area contributed by atoms with Gasteiger partial charge in [0.2, 0.25) is 5.82 Å². The molecule has 0 saturated heterocycles. The van der Waals surface area contributed by atoms with Crippen molar-refractivity contribution in [1.29, 1.82) is 0 Å². The van der Waals surface area contributed by atoms with Crippen molar-refractivity contribution in [3.8, 4) is 11.4 Å². The molecule has 7 heteroatoms. The van der Waals surface area contributed by atoms with Crippen LogP contribution in [-0.4, -0.2) is 32.8 Å². The van der Waals surface area contributed by atoms with Gasteiger partial charge in [-0.25, -0.2) is 4.39 Å². The zero-order valence-corrected chi connectivity index (χ0v) is 9.59. The fourth-order valence-electron chi connectivity index (χ4n) is 1.43. The molecule has 1 heterocycles. The molecule has 1 aromatic carbocycles. The first-order valence-electron chi connectivity index (χ1n) is 5.30. The maximum Gasteiger partial charge on any atom is 0.251 e. The normalized spacial score (nSPS) is 10.1. The Morgan fingerprint density at radius 3 is 2.67 bits per heavy atom. The summed E-state index contributed by atoms with van der Waals surface area (Å²) in [6.07, 6.45) is 1.17. The zero-order chi connectivity index (χ0) is 13.0. The van der Waals surface area contributed by atoms with Crippen LogP contribution in [0, 0.1) is 5.82 Å². The molecule has 0 saturated carbocycles. The molecule has 2 aromatic rings. The molecule has 1 aromatic heterocycles. The Balaban J connectivity index is 2.41. The van der Waals surface area contributed by atoms with Crippen LogP contribution in [0.15, 0.2) is 24.5 Å². The minimum atomic E-state index is -0.541. The zero-order valence-electron chi connectivity index (χ0n) is 9.59. The van der Waals surface area contributed by atoms with Crippen LogP contribution in [0.3, 0.4) is 0 Å². The average Bonchev–Trinajstić information content (AvgIpc) is 2.39. The quantitative estimate of drug-likeness (QED) is 0.868. The van der Waals surface area contributed by atoms with Crippen molar-refractivity contribution in [2.75, 3.05) is 6.54 Å². The van der Waals surface area contributed by atoms with Gasteiger partial charge in [0.25, 0.3) is 5.91 Å². The molecule has 0 aliphatic heterocycles. The molecule has 0 unspecified atom stereocenters. The summed E-state index contributed by atoms with van der Waals surface area (Å²) in [5.41, 5.74) is 0.566. The van der Waals surface area contributed by atoms with Crippen molar-refractivity contribution in [2.24, 2.45) is 0 Å². The van der Waals surface area contributed by atoms with Crippen LogP contribution < -0.4 is 5.32 Å². The van der Waals surface area contributed by atoms with E-state index in [1.54, 1.807) is 6.92 Å². The van der Waals surface area contributed by atoms with Gasteiger partial charge >= 0.3 is 0 Å². The molecule has 0 radical (unpaired) electrons. The van der Waals surface area contributed by atoms with Crippen LogP contribution >= 0.6 is 0 Å². The second-order valence-electron chi connectivity index (χ2n) is 3.46. The third-order valence-electron chi connectivity index (χ3n) is 2.16. The van der Waals surface area contributed by atoms with Crippen molar-refractivity contribution in [3.05, 3.63) is 35.9 Å². The molecule has 0 atom stereocenters. The Bertz CT molecular complexity index is 561. The summed E-state index contributed by atoms with van der Waals surface area (Å²) in [4.78, 5) is 11.6. The van der Waals surface area contributed by atoms with Crippen LogP contribution in [0.2, 0.25) is 0 Å². The van der Waals surface area contributed by atoms with Crippen molar-refractivity contribution in [2.45, 2.75) is 6.92 Å². The average molecular weight is 247 g/mol. The van der Waals surface area contributed by atoms with E-state index in [0.717, 1.165) is 6.07 Å². The van der Waals surface area contributed by atoms with Crippen molar-refractivity contribution in [1.82, 2.24) is 25.7 Å². The van der Waals surface area contributed by atoms with Crippen LogP contribution in [0.5, 0.6) is 0 Å². The van der Waals surface area contributed by atoms with Gasteiger partial charge in [0.1, 0.15) is 5.82 Å². The predicted octanol–water partition coefficient (Wildman–Crippen LogP) is 0.822. The highest BCUT2D eigenvalue weighted by molar-refractivity contribution is 5.95. The summed E-state index contributed by atoms with van der Waals surface area (Å²) in [6, 6.07) is 3.87. The Morgan fingerprint density at radius 1 is 1.28 bits per heavy atom. The largest absolute Gasteiger partial charge is 0.352 e. The smallest absolute Gasteiger partial charge is 0.251 e. The van der Waals surface area contributed by atoms with E-state index < -0.39 is 5.82 Å². The number of nitrogens with zero attached hydrogens (tertiary/aromatic N) is 4. The van der Waals surface area contributed by atoms with Crippen molar-refractivity contribution in [3.63, 3.8) is 0 Å². The van der Waals surface area contributed by atoms with Crippen LogP contribution in [0.25, 0.3) is 11.4 Å². The lowest BCUT2D eigenvalue weighted by Crippen LogP contribution is -2.22. The molecule has 1 amide bonds. The standard InChI is InChI=1S/C11H10FN5O/c1-2-13-11(18)8-3-7(4-9(12)5-8)10-16-14-6-15-17-10/h3-6H,2H2,1H3,(H,13,18). The highest BCUT2D eigenvalue weighted by Gasteiger charge is 2.11. The van der Waals surface area contributed by atoms with E-state index >= 15 is 0 Å². The Hall–Kier alpha value is -2.44. The summed E-state index contributed by atoms with van der Waals surface area (Å²) >= 11 is 0. The Kier molecular flexibility index (Phi) is 3.52. The number of carbonyl (C=O) groups excluding carboxylic acids is 1. The monoisotopic (exact) mass is 247 g/mol. The molecule has 0 bridgehead atoms. The molecule has 0 fully saturated rings. The first kappa shape index (κ1) is 12.0. The summed E-state index contributed by atoms with van der Waals surface area (Å²) in [5.74, 6) is -0.723. The molecule has 18 heavy (non-hydrogen) atoms. The predicted molar refractivity (Wildman–Crippen MR) is 61.0 cm³/mol. The van der Waals surface area contributed by atoms with Crippen LogP contribution in [-0.2, 0) is 0 Å². The van der Waals surface area contributed by atoms with E-state index in [0.29, 0.717) is 12.1 Å². The lowest BCUT2D eigenvalue weighted by atomic mass is 10.1. The summed E-state index contributed by atoms with van der Waals surface area (Å²) in [5, 5.41) is 17.1. The topological polar surface area (TPSA) is 80.7 Å². The highest BCUT2D eigenvalue weighted by Crippen LogP contribution is 2.17. The van der Waals surface area contributed by atoms with Gasteiger partial charge in [-0.05, 0) is 25.1 Å². The minimum Gasteiger partial charge on any atom is -0.352 e. The van der Waals surface area contributed by atoms with Gasteiger partial charge in [-0.1, -0.05) is 0 Å². The van der Waals surface area contributed by atoms with E-state index in [-0.39, 0.29) is 17.3 Å². The molecule has 0 spiro atoms. The molecule has 0 aliphatic carbocycles. The van der Waals surface area contributed by atoms with Crippen LogP contribution in [0.1, 0.15) is 17.3 Å². The van der Waals surface area contributed by atoms with Crippen molar-refractivity contribution >= 4 is 5.91 Å². The molecular formula is C11H10FN5O. The van der Waals surface area contributed by atoms with E-state index in [1.165, 1.54) is 18.5 Å². The van der Waals surface area contributed by atoms with Crippen molar-refractivity contribution < 1.29 is 9.18 Å². The lowest BCUT2D eigenvalue weighted by molar-refractivity contribution is 0.0955. The van der Waals surface area contributed by atoms with Gasteiger partial charge in [-0.15, -0.1) is 20.4 Å². The third kappa shape index (κ3) is 2.62. The number of nitrogens with one attached hydrogen (secondary N) is 1. The Morgan fingerprint density at radius 2 is 2.00 bits per heavy atom. The van der Waals surface area contributed by atoms with Gasteiger partial charge < -0.3 is 5.32 Å². The van der Waals surface area contributed by atoms with E-state index in [1.807, 2.05) is 0 Å². The van der Waals surface area contributed by atoms with Gasteiger partial charge in [-0.2, -0.15) is 0 Å². The second-order valence-corrected chi connectivity index (χ2v) is 3.46. The number of aromatic nitrogens is 4. The number of benzene rings is 1. The van der Waals surface area contributed by atoms with Gasteiger partial charge in [0, 0.05) is 17.7 Å². The minimum absolute atomic E-state index is 0.169. The SMILES string of the molecule is CCNC(=O)c1cc(F)cc(-c2nncnn2)c1. The lowest BCUT2D eigenvalue weighted by Gasteiger charge is -2.04. The summed E-state index contributed by atoms with van der Waals surface area (Å²) in [7, 11) is 0. The third-order valence-corrected chi connectivity index (χ3v) is 2.16. The van der Waals surface area contributed by atoms with Crippen LogP contribution in [0.4, 0.5) is 4.39 Å². The molecule has 6 nitrogen and oxygen atoms in total. The highest BCUT2D eigenvalue weighted by atomic mass is 19.1. The fraction of sp³-hybridized carbons (Fsp3) is 0.182. The Labute approximate surface area is 102 Å². The van der Waals surface area contributed by atoms with Gasteiger partial charge in [-0.3, -0.25) is 4.79 Å². The summed E-state index contributed by atoms with van der Waals surface area (Å²) in [6.45, 7) is 2.25. The molecule has 1 N–H and O–H groups in total. The summed E-state index contributed by atoms with van der Waals surface area (Å²) < 4.78 is 13.4. The maximum atomic E-state index is 13.4. The van der Waals surface area contributed by atoms with E-state index in [9.17, 15) is 9.18 Å². The number of rotatable bonds is 3. The number of halogens is 1. The number of hydrogen-bond acceptors (Lipinski definition) is 5. The second kappa shape index (κ2) is 5.26. The molecule has 0 aliphatic rings. The first-order chi connectivity index (χ1) is 8.70. The fourth-order valence-corrected chi connectivity index (χ4v) is 1.43. The van der Waals surface area contributed by atoms with E-state index in [2.05, 4.69) is 25.7 Å². The molecule has 2 rings (SSSR count). The van der Waals surface area contributed by atoms with E-state index in [4.69, 9.17) is 0 Å². The van der Waals surface area contributed by atoms with Gasteiger partial charge in [0.05, 0.1) is 0 Å². The first-order valence-corrected chi connectivity index (χ1v) is 5.30. The molecule has 92 valence electrons.